The SMILES string of the molecule is c1cc(-c2ccc3ccccc3c2)cc(N(c2ccccc2-c2cccc3c2oc2cc4ccccc4cc23)c2cccc3oc4c5ccccc5ccc4c23)c1. The normalized spacial score (nSPS) is 11.9. The molecule has 0 N–H and O–H groups in total. The number of para-hydroxylation sites is 2. The van der Waals surface area contributed by atoms with E-state index in [9.17, 15) is 0 Å². The van der Waals surface area contributed by atoms with Gasteiger partial charge in [-0.2, -0.15) is 0 Å². The highest BCUT2D eigenvalue weighted by atomic mass is 16.3. The van der Waals surface area contributed by atoms with Crippen molar-refractivity contribution in [1.82, 2.24) is 0 Å². The van der Waals surface area contributed by atoms with Gasteiger partial charge >= 0.3 is 0 Å². The first kappa shape index (κ1) is 31.7. The average Bonchev–Trinajstić information content (AvgIpc) is 3.85. The highest BCUT2D eigenvalue weighted by Crippen LogP contribution is 2.49. The molecule has 3 heteroatoms. The van der Waals surface area contributed by atoms with Crippen LogP contribution in [0.4, 0.5) is 17.1 Å². The Labute approximate surface area is 328 Å². The molecule has 12 aromatic rings. The summed E-state index contributed by atoms with van der Waals surface area (Å²) in [4.78, 5) is 2.40. The molecule has 0 amide bonds. The van der Waals surface area contributed by atoms with Crippen LogP contribution in [0.25, 0.3) is 98.4 Å². The zero-order valence-electron chi connectivity index (χ0n) is 30.8. The summed E-state index contributed by atoms with van der Waals surface area (Å²) < 4.78 is 13.6. The summed E-state index contributed by atoms with van der Waals surface area (Å²) in [5, 5.41) is 11.4. The minimum atomic E-state index is 0.846. The van der Waals surface area contributed by atoms with Crippen LogP contribution in [-0.2, 0) is 0 Å². The Hall–Kier alpha value is -7.62. The van der Waals surface area contributed by atoms with Crippen molar-refractivity contribution >= 4 is 93.3 Å². The lowest BCUT2D eigenvalue weighted by Crippen LogP contribution is -2.11. The fraction of sp³-hybridized carbons (Fsp3) is 0. The number of fused-ring (bicyclic) bond motifs is 10. The van der Waals surface area contributed by atoms with Gasteiger partial charge in [0.1, 0.15) is 22.3 Å². The van der Waals surface area contributed by atoms with Gasteiger partial charge in [-0.3, -0.25) is 0 Å². The van der Waals surface area contributed by atoms with E-state index in [-0.39, 0.29) is 0 Å². The molecular weight excluding hydrogens is 695 g/mol. The highest BCUT2D eigenvalue weighted by molar-refractivity contribution is 6.20. The van der Waals surface area contributed by atoms with E-state index < -0.39 is 0 Å². The molecule has 2 aromatic heterocycles. The minimum absolute atomic E-state index is 0.846. The zero-order valence-corrected chi connectivity index (χ0v) is 30.8. The van der Waals surface area contributed by atoms with Crippen LogP contribution in [0.15, 0.2) is 209 Å². The number of rotatable bonds is 5. The molecule has 0 radical (unpaired) electrons. The maximum absolute atomic E-state index is 6.83. The van der Waals surface area contributed by atoms with Crippen LogP contribution in [0.1, 0.15) is 0 Å². The van der Waals surface area contributed by atoms with Crippen molar-refractivity contribution in [3.8, 4) is 22.3 Å². The van der Waals surface area contributed by atoms with Gasteiger partial charge in [0, 0.05) is 38.4 Å². The smallest absolute Gasteiger partial charge is 0.143 e. The number of benzene rings is 10. The Bertz CT molecular complexity index is 3550. The van der Waals surface area contributed by atoms with Gasteiger partial charge in [-0.05, 0) is 92.7 Å². The van der Waals surface area contributed by atoms with Crippen LogP contribution in [0.3, 0.4) is 0 Å². The monoisotopic (exact) mass is 727 g/mol. The maximum atomic E-state index is 6.83. The van der Waals surface area contributed by atoms with Crippen molar-refractivity contribution < 1.29 is 8.83 Å². The fourth-order valence-electron chi connectivity index (χ4n) is 8.91. The summed E-state index contributed by atoms with van der Waals surface area (Å²) >= 11 is 0. The zero-order chi connectivity index (χ0) is 37.5. The molecular formula is C54H33NO2. The van der Waals surface area contributed by atoms with Gasteiger partial charge < -0.3 is 13.7 Å². The number of hydrogen-bond acceptors (Lipinski definition) is 3. The van der Waals surface area contributed by atoms with E-state index in [1.165, 1.54) is 21.7 Å². The van der Waals surface area contributed by atoms with Crippen LogP contribution >= 0.6 is 0 Å². The van der Waals surface area contributed by atoms with Crippen molar-refractivity contribution in [2.24, 2.45) is 0 Å². The van der Waals surface area contributed by atoms with Gasteiger partial charge in [-0.15, -0.1) is 0 Å². The van der Waals surface area contributed by atoms with Crippen molar-refractivity contribution in [2.75, 3.05) is 4.90 Å². The maximum Gasteiger partial charge on any atom is 0.143 e. The minimum Gasteiger partial charge on any atom is -0.455 e. The van der Waals surface area contributed by atoms with E-state index in [0.717, 1.165) is 93.8 Å². The number of hydrogen-bond donors (Lipinski definition) is 0. The quantitative estimate of drug-likeness (QED) is 0.177. The molecule has 0 saturated heterocycles. The van der Waals surface area contributed by atoms with Crippen molar-refractivity contribution in [2.45, 2.75) is 0 Å². The van der Waals surface area contributed by atoms with Crippen molar-refractivity contribution in [3.05, 3.63) is 200 Å². The van der Waals surface area contributed by atoms with Crippen LogP contribution < -0.4 is 4.90 Å². The van der Waals surface area contributed by atoms with Gasteiger partial charge in [0.05, 0.1) is 16.8 Å². The summed E-state index contributed by atoms with van der Waals surface area (Å²) in [5.74, 6) is 0. The summed E-state index contributed by atoms with van der Waals surface area (Å²) in [5.41, 5.74) is 11.0. The largest absolute Gasteiger partial charge is 0.455 e. The van der Waals surface area contributed by atoms with Crippen LogP contribution in [-0.4, -0.2) is 0 Å². The molecule has 0 saturated carbocycles. The predicted molar refractivity (Wildman–Crippen MR) is 239 cm³/mol. The summed E-state index contributed by atoms with van der Waals surface area (Å²) in [6, 6.07) is 71.6. The molecule has 10 aromatic carbocycles. The molecule has 2 heterocycles. The Morgan fingerprint density at radius 1 is 0.316 bits per heavy atom. The number of nitrogens with zero attached hydrogens (tertiary/aromatic N) is 1. The molecule has 0 spiro atoms. The Balaban J connectivity index is 1.13. The molecule has 0 aliphatic carbocycles. The molecule has 57 heavy (non-hydrogen) atoms. The van der Waals surface area contributed by atoms with Crippen molar-refractivity contribution in [3.63, 3.8) is 0 Å². The molecule has 3 nitrogen and oxygen atoms in total. The van der Waals surface area contributed by atoms with Crippen LogP contribution in [0, 0.1) is 0 Å². The highest BCUT2D eigenvalue weighted by Gasteiger charge is 2.24. The average molecular weight is 728 g/mol. The first-order valence-electron chi connectivity index (χ1n) is 19.4. The van der Waals surface area contributed by atoms with Gasteiger partial charge in [0.25, 0.3) is 0 Å². The van der Waals surface area contributed by atoms with Crippen molar-refractivity contribution in [1.29, 1.82) is 0 Å². The van der Waals surface area contributed by atoms with Gasteiger partial charge in [0.15, 0.2) is 0 Å². The molecule has 0 fully saturated rings. The van der Waals surface area contributed by atoms with Gasteiger partial charge in [-0.25, -0.2) is 0 Å². The first-order valence-corrected chi connectivity index (χ1v) is 19.4. The lowest BCUT2D eigenvalue weighted by atomic mass is 9.97. The molecule has 0 bridgehead atoms. The third kappa shape index (κ3) is 4.99. The molecule has 0 aliphatic rings. The lowest BCUT2D eigenvalue weighted by Gasteiger charge is -2.29. The molecule has 0 aliphatic heterocycles. The lowest BCUT2D eigenvalue weighted by molar-refractivity contribution is 0.670. The molecule has 266 valence electrons. The van der Waals surface area contributed by atoms with E-state index >= 15 is 0 Å². The second-order valence-electron chi connectivity index (χ2n) is 14.9. The topological polar surface area (TPSA) is 29.5 Å². The predicted octanol–water partition coefficient (Wildman–Crippen LogP) is 15.7. The molecule has 0 atom stereocenters. The Morgan fingerprint density at radius 2 is 0.947 bits per heavy atom. The van der Waals surface area contributed by atoms with E-state index in [1.807, 2.05) is 0 Å². The molecule has 12 rings (SSSR count). The molecule has 0 unspecified atom stereocenters. The van der Waals surface area contributed by atoms with Crippen LogP contribution in [0.5, 0.6) is 0 Å². The van der Waals surface area contributed by atoms with Gasteiger partial charge in [0.2, 0.25) is 0 Å². The van der Waals surface area contributed by atoms with E-state index in [4.69, 9.17) is 8.83 Å². The third-order valence-corrected chi connectivity index (χ3v) is 11.6. The Kier molecular flexibility index (Phi) is 6.93. The fourth-order valence-corrected chi connectivity index (χ4v) is 8.91. The van der Waals surface area contributed by atoms with E-state index in [0.29, 0.717) is 0 Å². The number of furan rings is 2. The Morgan fingerprint density at radius 3 is 1.84 bits per heavy atom. The second-order valence-corrected chi connectivity index (χ2v) is 14.9. The second kappa shape index (κ2) is 12.5. The summed E-state index contributed by atoms with van der Waals surface area (Å²) in [6.07, 6.45) is 0. The number of anilines is 3. The third-order valence-electron chi connectivity index (χ3n) is 11.6. The van der Waals surface area contributed by atoms with E-state index in [1.54, 1.807) is 0 Å². The standard InChI is InChI=1S/C54H33NO2/c1-2-14-36-30-40(27-26-34(36)12-1)37-17-9-18-41(31-37)55(49-24-11-25-50-52(49)46-29-28-35-13-5-6-19-42(35)53(46)56-50)48-23-8-7-20-43(48)44-21-10-22-45-47-32-38-15-3-4-16-39(38)33-51(47)57-54(44)45/h1-33H. The van der Waals surface area contributed by atoms with Gasteiger partial charge in [-0.1, -0.05) is 146 Å². The summed E-state index contributed by atoms with van der Waals surface area (Å²) in [7, 11) is 0. The van der Waals surface area contributed by atoms with E-state index in [2.05, 4.69) is 205 Å². The summed E-state index contributed by atoms with van der Waals surface area (Å²) in [6.45, 7) is 0. The van der Waals surface area contributed by atoms with Crippen LogP contribution in [0.2, 0.25) is 0 Å². The first-order chi connectivity index (χ1) is 28.2.